The maximum absolute atomic E-state index is 12.9. The molecule has 0 aliphatic rings. The molecular weight excluding hydrogens is 406 g/mol. The number of hydrogen-bond acceptors (Lipinski definition) is 6. The van der Waals surface area contributed by atoms with E-state index in [1.807, 2.05) is 6.92 Å². The van der Waals surface area contributed by atoms with Gasteiger partial charge in [-0.1, -0.05) is 19.1 Å². The lowest BCUT2D eigenvalue weighted by molar-refractivity contribution is 0.0785. The van der Waals surface area contributed by atoms with Crippen molar-refractivity contribution in [3.63, 3.8) is 0 Å². The number of carbonyl (C=O) groups is 1. The van der Waals surface area contributed by atoms with Gasteiger partial charge in [0.1, 0.15) is 5.75 Å². The van der Waals surface area contributed by atoms with Crippen LogP contribution in [0.1, 0.15) is 62.0 Å². The van der Waals surface area contributed by atoms with Gasteiger partial charge in [-0.05, 0) is 75.4 Å². The van der Waals surface area contributed by atoms with Crippen LogP contribution in [-0.4, -0.2) is 35.6 Å². The van der Waals surface area contributed by atoms with Crippen molar-refractivity contribution >= 4 is 21.5 Å². The van der Waals surface area contributed by atoms with Crippen LogP contribution in [0.2, 0.25) is 0 Å². The highest BCUT2D eigenvalue weighted by atomic mass is 32.2. The average Bonchev–Trinajstić information content (AvgIpc) is 2.65. The molecule has 0 saturated carbocycles. The lowest BCUT2D eigenvalue weighted by Gasteiger charge is -2.21. The highest BCUT2D eigenvalue weighted by Crippen LogP contribution is 2.29. The predicted octanol–water partition coefficient (Wildman–Crippen LogP) is 3.33. The molecule has 0 amide bonds. The van der Waals surface area contributed by atoms with Gasteiger partial charge < -0.3 is 15.3 Å². The van der Waals surface area contributed by atoms with Crippen molar-refractivity contribution in [2.24, 2.45) is 0 Å². The summed E-state index contributed by atoms with van der Waals surface area (Å²) >= 11 is 0. The molecule has 2 rings (SSSR count). The number of nitrogens with one attached hydrogen (secondary N) is 1. The van der Waals surface area contributed by atoms with Gasteiger partial charge in [0.15, 0.2) is 5.78 Å². The molecule has 2 aromatic rings. The number of phenolic OH excluding ortho intramolecular Hbond substituents is 1. The standard InChI is InChI=1S/C22H29NO6S/c1-5-17(25)8-6-15-12-16(22(3,4)27)7-10-20(15)23-30(28,29)18-9-11-21(26)19(13-18)14(2)24/h7,9-13,17,23,25-27H,5-6,8H2,1-4H3. The monoisotopic (exact) mass is 435 g/mol. The topological polar surface area (TPSA) is 124 Å². The third-order valence-electron chi connectivity index (χ3n) is 4.93. The Morgan fingerprint density at radius 2 is 1.83 bits per heavy atom. The van der Waals surface area contributed by atoms with Gasteiger partial charge in [-0.15, -0.1) is 0 Å². The summed E-state index contributed by atoms with van der Waals surface area (Å²) < 4.78 is 28.4. The van der Waals surface area contributed by atoms with Gasteiger partial charge in [0, 0.05) is 0 Å². The van der Waals surface area contributed by atoms with Gasteiger partial charge in [0.2, 0.25) is 0 Å². The molecule has 1 unspecified atom stereocenters. The molecule has 0 fully saturated rings. The first-order chi connectivity index (χ1) is 13.8. The van der Waals surface area contributed by atoms with Crippen molar-refractivity contribution in [2.75, 3.05) is 4.72 Å². The van der Waals surface area contributed by atoms with Crippen LogP contribution < -0.4 is 4.72 Å². The summed E-state index contributed by atoms with van der Waals surface area (Å²) in [5, 5.41) is 30.0. The molecular formula is C22H29NO6S. The number of phenols is 1. The molecule has 7 nitrogen and oxygen atoms in total. The van der Waals surface area contributed by atoms with Crippen molar-refractivity contribution in [1.82, 2.24) is 0 Å². The van der Waals surface area contributed by atoms with E-state index in [1.165, 1.54) is 19.1 Å². The molecule has 8 heteroatoms. The van der Waals surface area contributed by atoms with Crippen LogP contribution in [0.25, 0.3) is 0 Å². The first-order valence-electron chi connectivity index (χ1n) is 9.75. The molecule has 0 aliphatic heterocycles. The van der Waals surface area contributed by atoms with Crippen LogP contribution in [-0.2, 0) is 22.0 Å². The maximum Gasteiger partial charge on any atom is 0.261 e. The number of aryl methyl sites for hydroxylation is 1. The molecule has 0 spiro atoms. The Morgan fingerprint density at radius 3 is 2.40 bits per heavy atom. The second kappa shape index (κ2) is 9.16. The number of ketones is 1. The minimum atomic E-state index is -4.04. The fraction of sp³-hybridized carbons (Fsp3) is 0.409. The number of hydrogen-bond donors (Lipinski definition) is 4. The summed E-state index contributed by atoms with van der Waals surface area (Å²) in [5.41, 5.74) is 0.389. The molecule has 1 atom stereocenters. The number of aliphatic hydroxyl groups is 2. The summed E-state index contributed by atoms with van der Waals surface area (Å²) in [6.45, 7) is 6.37. The second-order valence-electron chi connectivity index (χ2n) is 7.87. The third kappa shape index (κ3) is 5.81. The largest absolute Gasteiger partial charge is 0.507 e. The molecule has 0 aromatic heterocycles. The van der Waals surface area contributed by atoms with Crippen molar-refractivity contribution in [2.45, 2.75) is 63.6 Å². The van der Waals surface area contributed by atoms with E-state index >= 15 is 0 Å². The summed E-state index contributed by atoms with van der Waals surface area (Å²) in [6.07, 6.45) is 0.905. The van der Waals surface area contributed by atoms with Gasteiger partial charge in [0.05, 0.1) is 27.9 Å². The van der Waals surface area contributed by atoms with E-state index in [1.54, 1.807) is 32.0 Å². The summed E-state index contributed by atoms with van der Waals surface area (Å²) in [5.74, 6) is -0.737. The molecule has 0 heterocycles. The van der Waals surface area contributed by atoms with Crippen LogP contribution in [0.5, 0.6) is 5.75 Å². The Kier molecular flexibility index (Phi) is 7.28. The highest BCUT2D eigenvalue weighted by molar-refractivity contribution is 7.92. The molecule has 0 bridgehead atoms. The van der Waals surface area contributed by atoms with Crippen LogP contribution in [0, 0.1) is 0 Å². The molecule has 164 valence electrons. The molecule has 0 radical (unpaired) electrons. The minimum Gasteiger partial charge on any atom is -0.507 e. The van der Waals surface area contributed by atoms with E-state index in [9.17, 15) is 28.5 Å². The molecule has 30 heavy (non-hydrogen) atoms. The van der Waals surface area contributed by atoms with E-state index in [4.69, 9.17) is 0 Å². The van der Waals surface area contributed by atoms with E-state index in [-0.39, 0.29) is 16.2 Å². The summed E-state index contributed by atoms with van der Waals surface area (Å²) in [7, 11) is -4.04. The molecule has 0 saturated heterocycles. The first-order valence-corrected chi connectivity index (χ1v) is 11.2. The SMILES string of the molecule is CCC(O)CCc1cc(C(C)(C)O)ccc1NS(=O)(=O)c1ccc(O)c(C(C)=O)c1. The third-order valence-corrected chi connectivity index (χ3v) is 6.29. The Labute approximate surface area is 177 Å². The Bertz CT molecular complexity index is 1020. The summed E-state index contributed by atoms with van der Waals surface area (Å²) in [4.78, 5) is 11.5. The Hall–Kier alpha value is -2.42. The molecule has 2 aromatic carbocycles. The zero-order chi connectivity index (χ0) is 22.7. The van der Waals surface area contributed by atoms with Gasteiger partial charge in [-0.3, -0.25) is 9.52 Å². The lowest BCUT2D eigenvalue weighted by atomic mass is 9.94. The lowest BCUT2D eigenvalue weighted by Crippen LogP contribution is -2.18. The Morgan fingerprint density at radius 1 is 1.17 bits per heavy atom. The van der Waals surface area contributed by atoms with Crippen molar-refractivity contribution < 1.29 is 28.5 Å². The van der Waals surface area contributed by atoms with Crippen LogP contribution in [0.3, 0.4) is 0 Å². The number of anilines is 1. The van der Waals surface area contributed by atoms with Crippen molar-refractivity contribution in [3.8, 4) is 5.75 Å². The van der Waals surface area contributed by atoms with Crippen molar-refractivity contribution in [3.05, 3.63) is 53.1 Å². The van der Waals surface area contributed by atoms with E-state index in [2.05, 4.69) is 4.72 Å². The number of sulfonamides is 1. The number of aliphatic hydroxyl groups excluding tert-OH is 1. The average molecular weight is 436 g/mol. The smallest absolute Gasteiger partial charge is 0.261 e. The summed E-state index contributed by atoms with van der Waals surface area (Å²) in [6, 6.07) is 8.45. The van der Waals surface area contributed by atoms with E-state index in [0.29, 0.717) is 36.1 Å². The first kappa shape index (κ1) is 23.9. The van der Waals surface area contributed by atoms with Gasteiger partial charge in [0.25, 0.3) is 10.0 Å². The Balaban J connectivity index is 2.44. The van der Waals surface area contributed by atoms with Gasteiger partial charge >= 0.3 is 0 Å². The second-order valence-corrected chi connectivity index (χ2v) is 9.55. The fourth-order valence-corrected chi connectivity index (χ4v) is 4.10. The normalized spacial score (nSPS) is 13.1. The quantitative estimate of drug-likeness (QED) is 0.448. The minimum absolute atomic E-state index is 0.0819. The zero-order valence-corrected chi connectivity index (χ0v) is 18.5. The number of carbonyl (C=O) groups excluding carboxylic acids is 1. The van der Waals surface area contributed by atoms with E-state index in [0.717, 1.165) is 6.07 Å². The van der Waals surface area contributed by atoms with Gasteiger partial charge in [-0.2, -0.15) is 0 Å². The van der Waals surface area contributed by atoms with Crippen molar-refractivity contribution in [1.29, 1.82) is 0 Å². The van der Waals surface area contributed by atoms with E-state index < -0.39 is 27.5 Å². The number of rotatable bonds is 9. The maximum atomic E-state index is 12.9. The highest BCUT2D eigenvalue weighted by Gasteiger charge is 2.22. The zero-order valence-electron chi connectivity index (χ0n) is 17.6. The molecule has 4 N–H and O–H groups in total. The number of Topliss-reactive ketones (excluding diaryl/α,β-unsaturated/α-hetero) is 1. The number of benzene rings is 2. The van der Waals surface area contributed by atoms with Gasteiger partial charge in [-0.25, -0.2) is 8.42 Å². The van der Waals surface area contributed by atoms with Crippen LogP contribution >= 0.6 is 0 Å². The predicted molar refractivity (Wildman–Crippen MR) is 115 cm³/mol. The van der Waals surface area contributed by atoms with Crippen LogP contribution in [0.15, 0.2) is 41.3 Å². The molecule has 0 aliphatic carbocycles. The number of aromatic hydroxyl groups is 1. The fourth-order valence-electron chi connectivity index (χ4n) is 2.97. The van der Waals surface area contributed by atoms with Crippen LogP contribution in [0.4, 0.5) is 5.69 Å².